The lowest BCUT2D eigenvalue weighted by Gasteiger charge is -2.14. The molecular weight excluding hydrogens is 458 g/mol. The summed E-state index contributed by atoms with van der Waals surface area (Å²) in [6, 6.07) is 17.9. The Morgan fingerprint density at radius 3 is 2.42 bits per heavy atom. The highest BCUT2D eigenvalue weighted by Gasteiger charge is 2.21. The monoisotopic (exact) mass is 487 g/mol. The quantitative estimate of drug-likeness (QED) is 0.318. The molecule has 0 radical (unpaired) electrons. The van der Waals surface area contributed by atoms with Crippen LogP contribution in [0.3, 0.4) is 0 Å². The fourth-order valence-corrected chi connectivity index (χ4v) is 3.36. The number of benzene rings is 2. The van der Waals surface area contributed by atoms with E-state index >= 15 is 0 Å². The van der Waals surface area contributed by atoms with Crippen LogP contribution in [0, 0.1) is 0 Å². The predicted octanol–water partition coefficient (Wildman–Crippen LogP) is 5.45. The van der Waals surface area contributed by atoms with Crippen molar-refractivity contribution in [1.82, 2.24) is 19.7 Å². The van der Waals surface area contributed by atoms with Gasteiger partial charge >= 0.3 is 6.03 Å². The molecule has 2 aromatic heterocycles. The normalized spacial score (nSPS) is 11.0. The molecule has 4 aromatic rings. The summed E-state index contributed by atoms with van der Waals surface area (Å²) in [5, 5.41) is 13.4. The Morgan fingerprint density at radius 2 is 1.72 bits per heavy atom. The smallest absolute Gasteiger partial charge is 0.324 e. The van der Waals surface area contributed by atoms with E-state index in [2.05, 4.69) is 46.7 Å². The van der Waals surface area contributed by atoms with Crippen molar-refractivity contribution in [2.45, 2.75) is 26.2 Å². The van der Waals surface area contributed by atoms with Gasteiger partial charge in [-0.15, -0.1) is 0 Å². The Hall–Kier alpha value is -4.60. The third-order valence-corrected chi connectivity index (χ3v) is 5.25. The molecule has 10 heteroatoms. The second-order valence-electron chi connectivity index (χ2n) is 8.95. The van der Waals surface area contributed by atoms with Crippen LogP contribution < -0.4 is 25.4 Å². The highest BCUT2D eigenvalue weighted by molar-refractivity contribution is 5.99. The number of nitrogens with zero attached hydrogens (tertiary/aromatic N) is 4. The third kappa shape index (κ3) is 5.72. The largest absolute Gasteiger partial charge is 0.493 e. The van der Waals surface area contributed by atoms with E-state index in [0.717, 1.165) is 11.4 Å². The van der Waals surface area contributed by atoms with Crippen molar-refractivity contribution in [2.24, 2.45) is 0 Å². The summed E-state index contributed by atoms with van der Waals surface area (Å²) in [6.07, 6.45) is 1.40. The number of carbonyl (C=O) groups is 1. The van der Waals surface area contributed by atoms with Gasteiger partial charge in [-0.05, 0) is 24.3 Å². The topological polar surface area (TPSA) is 115 Å². The van der Waals surface area contributed by atoms with Crippen LogP contribution in [0.25, 0.3) is 5.69 Å². The number of rotatable bonds is 7. The van der Waals surface area contributed by atoms with E-state index in [1.165, 1.54) is 13.4 Å². The first-order chi connectivity index (χ1) is 17.3. The van der Waals surface area contributed by atoms with Gasteiger partial charge in [0.1, 0.15) is 18.0 Å². The summed E-state index contributed by atoms with van der Waals surface area (Å²) in [7, 11) is 3.28. The lowest BCUT2D eigenvalue weighted by molar-refractivity contribution is 0.262. The second-order valence-corrected chi connectivity index (χ2v) is 8.95. The molecule has 0 saturated carbocycles. The van der Waals surface area contributed by atoms with Gasteiger partial charge in [0.15, 0.2) is 11.5 Å². The Morgan fingerprint density at radius 1 is 0.944 bits per heavy atom. The molecule has 3 N–H and O–H groups in total. The standard InChI is InChI=1S/C26H29N7O3/c1-26(2,3)21-14-23(33(32-21)18-9-7-6-8-10-18)31-25(34)30-17-11-12-19(20(13-17)35-5)36-24-15-22(27-4)28-16-29-24/h6-16H,1-5H3,(H,27,28,29)(H2,30,31,34). The zero-order valence-electron chi connectivity index (χ0n) is 20.9. The van der Waals surface area contributed by atoms with Crippen molar-refractivity contribution in [2.75, 3.05) is 30.1 Å². The molecule has 0 spiro atoms. The molecule has 0 bridgehead atoms. The van der Waals surface area contributed by atoms with Gasteiger partial charge in [-0.2, -0.15) is 5.10 Å². The Kier molecular flexibility index (Phi) is 7.05. The summed E-state index contributed by atoms with van der Waals surface area (Å²) in [5.41, 5.74) is 2.04. The van der Waals surface area contributed by atoms with Crippen molar-refractivity contribution < 1.29 is 14.3 Å². The van der Waals surface area contributed by atoms with E-state index in [9.17, 15) is 4.79 Å². The number of methoxy groups -OCH3 is 1. The van der Waals surface area contributed by atoms with Gasteiger partial charge in [0.05, 0.1) is 18.5 Å². The van der Waals surface area contributed by atoms with Crippen LogP contribution >= 0.6 is 0 Å². The lowest BCUT2D eigenvalue weighted by Crippen LogP contribution is -2.21. The highest BCUT2D eigenvalue weighted by Crippen LogP contribution is 2.34. The maximum Gasteiger partial charge on any atom is 0.324 e. The van der Waals surface area contributed by atoms with Crippen LogP contribution in [0.15, 0.2) is 67.0 Å². The summed E-state index contributed by atoms with van der Waals surface area (Å²) >= 11 is 0. The van der Waals surface area contributed by atoms with Crippen LogP contribution in [0.5, 0.6) is 17.4 Å². The maximum atomic E-state index is 12.9. The summed E-state index contributed by atoms with van der Waals surface area (Å²) < 4.78 is 13.0. The number of carbonyl (C=O) groups excluding carboxylic acids is 1. The average molecular weight is 488 g/mol. The molecular formula is C26H29N7O3. The van der Waals surface area contributed by atoms with Crippen LogP contribution in [0.4, 0.5) is 22.1 Å². The molecule has 0 saturated heterocycles. The molecule has 0 aliphatic rings. The van der Waals surface area contributed by atoms with Gasteiger partial charge in [-0.3, -0.25) is 5.32 Å². The Labute approximate surface area is 209 Å². The average Bonchev–Trinajstić information content (AvgIpc) is 3.30. The number of para-hydroxylation sites is 1. The summed E-state index contributed by atoms with van der Waals surface area (Å²) in [4.78, 5) is 21.1. The van der Waals surface area contributed by atoms with Crippen LogP contribution in [0.2, 0.25) is 0 Å². The van der Waals surface area contributed by atoms with E-state index < -0.39 is 6.03 Å². The van der Waals surface area contributed by atoms with Crippen molar-refractivity contribution in [3.63, 3.8) is 0 Å². The van der Waals surface area contributed by atoms with E-state index in [1.54, 1.807) is 36.0 Å². The van der Waals surface area contributed by atoms with Crippen molar-refractivity contribution in [1.29, 1.82) is 0 Å². The number of hydrogen-bond donors (Lipinski definition) is 3. The first kappa shape index (κ1) is 24.5. The molecule has 186 valence electrons. The van der Waals surface area contributed by atoms with Crippen LogP contribution in [-0.4, -0.2) is 39.9 Å². The number of amides is 2. The zero-order valence-corrected chi connectivity index (χ0v) is 20.9. The molecule has 0 aliphatic heterocycles. The van der Waals surface area contributed by atoms with Crippen molar-refractivity contribution in [3.8, 4) is 23.1 Å². The van der Waals surface area contributed by atoms with Gasteiger partial charge < -0.3 is 20.1 Å². The fraction of sp³-hybridized carbons (Fsp3) is 0.231. The van der Waals surface area contributed by atoms with E-state index in [1.807, 2.05) is 36.4 Å². The van der Waals surface area contributed by atoms with Crippen LogP contribution in [-0.2, 0) is 5.41 Å². The zero-order chi connectivity index (χ0) is 25.7. The van der Waals surface area contributed by atoms with Gasteiger partial charge in [0.2, 0.25) is 5.88 Å². The molecule has 0 atom stereocenters. The van der Waals surface area contributed by atoms with Crippen LogP contribution in [0.1, 0.15) is 26.5 Å². The van der Waals surface area contributed by atoms with Gasteiger partial charge in [-0.1, -0.05) is 39.0 Å². The molecule has 10 nitrogen and oxygen atoms in total. The fourth-order valence-electron chi connectivity index (χ4n) is 3.36. The van der Waals surface area contributed by atoms with Gasteiger partial charge in [-0.25, -0.2) is 19.4 Å². The number of aromatic nitrogens is 4. The first-order valence-electron chi connectivity index (χ1n) is 11.4. The van der Waals surface area contributed by atoms with Gasteiger partial charge in [0, 0.05) is 36.3 Å². The van der Waals surface area contributed by atoms with E-state index in [-0.39, 0.29) is 5.41 Å². The number of ether oxygens (including phenoxy) is 2. The SMILES string of the molecule is CNc1cc(Oc2ccc(NC(=O)Nc3cc(C(C)(C)C)nn3-c3ccccc3)cc2OC)ncn1. The number of urea groups is 1. The molecule has 0 unspecified atom stereocenters. The highest BCUT2D eigenvalue weighted by atomic mass is 16.5. The minimum atomic E-state index is -0.419. The van der Waals surface area contributed by atoms with Crippen molar-refractivity contribution >= 4 is 23.4 Å². The van der Waals surface area contributed by atoms with Gasteiger partial charge in [0.25, 0.3) is 0 Å². The van der Waals surface area contributed by atoms with E-state index in [0.29, 0.717) is 34.7 Å². The molecule has 0 fully saturated rings. The Balaban J connectivity index is 1.52. The maximum absolute atomic E-state index is 12.9. The Bertz CT molecular complexity index is 1350. The van der Waals surface area contributed by atoms with Crippen molar-refractivity contribution in [3.05, 3.63) is 72.7 Å². The minimum Gasteiger partial charge on any atom is -0.493 e. The lowest BCUT2D eigenvalue weighted by atomic mass is 9.92. The molecule has 2 heterocycles. The second kappa shape index (κ2) is 10.3. The molecule has 2 amide bonds. The third-order valence-electron chi connectivity index (χ3n) is 5.25. The number of nitrogens with one attached hydrogen (secondary N) is 3. The summed E-state index contributed by atoms with van der Waals surface area (Å²) in [6.45, 7) is 6.22. The number of anilines is 3. The predicted molar refractivity (Wildman–Crippen MR) is 140 cm³/mol. The molecule has 4 rings (SSSR count). The minimum absolute atomic E-state index is 0.187. The molecule has 2 aromatic carbocycles. The summed E-state index contributed by atoms with van der Waals surface area (Å²) in [5.74, 6) is 2.41. The molecule has 0 aliphatic carbocycles. The molecule has 36 heavy (non-hydrogen) atoms. The van der Waals surface area contributed by atoms with E-state index in [4.69, 9.17) is 14.6 Å². The number of hydrogen-bond acceptors (Lipinski definition) is 7. The first-order valence-corrected chi connectivity index (χ1v) is 11.4.